The summed E-state index contributed by atoms with van der Waals surface area (Å²) in [6, 6.07) is -0.390. The highest BCUT2D eigenvalue weighted by molar-refractivity contribution is 5.89. The molecule has 3 fully saturated rings. The number of cyclic esters (lactones) is 1. The van der Waals surface area contributed by atoms with Crippen LogP contribution >= 0.6 is 0 Å². The number of Topliss-reactive ketones (excluding diaryl/α,β-unsaturated/α-hetero) is 1. The van der Waals surface area contributed by atoms with E-state index in [1.54, 1.807) is 0 Å². The normalized spacial score (nSPS) is 39.7. The molecule has 2 bridgehead atoms. The number of amides is 1. The summed E-state index contributed by atoms with van der Waals surface area (Å²) in [6.07, 6.45) is 1.90. The smallest absolute Gasteiger partial charge is 0.410 e. The predicted octanol–water partition coefficient (Wildman–Crippen LogP) is 0.328. The Balaban J connectivity index is 1.84. The van der Waals surface area contributed by atoms with Crippen molar-refractivity contribution in [2.45, 2.75) is 37.5 Å². The fourth-order valence-corrected chi connectivity index (χ4v) is 2.70. The minimum Gasteiger partial charge on any atom is -0.448 e. The van der Waals surface area contributed by atoms with E-state index in [0.717, 1.165) is 12.8 Å². The van der Waals surface area contributed by atoms with Crippen molar-refractivity contribution >= 4 is 11.9 Å². The number of hydrogen-bond acceptors (Lipinski definition) is 4. The van der Waals surface area contributed by atoms with Crippen LogP contribution in [0.5, 0.6) is 0 Å². The van der Waals surface area contributed by atoms with Gasteiger partial charge in [0.25, 0.3) is 0 Å². The van der Waals surface area contributed by atoms with Gasteiger partial charge >= 0.3 is 6.09 Å². The Hall–Kier alpha value is -1.10. The number of nitrogens with zero attached hydrogens (tertiary/aromatic N) is 1. The summed E-state index contributed by atoms with van der Waals surface area (Å²) < 4.78 is 10.5. The lowest BCUT2D eigenvalue weighted by atomic mass is 10.0. The van der Waals surface area contributed by atoms with E-state index in [0.29, 0.717) is 19.6 Å². The van der Waals surface area contributed by atoms with Gasteiger partial charge in [0.05, 0.1) is 18.8 Å². The zero-order valence-electron chi connectivity index (χ0n) is 8.35. The van der Waals surface area contributed by atoms with E-state index >= 15 is 0 Å². The Morgan fingerprint density at radius 3 is 2.87 bits per heavy atom. The molecule has 3 rings (SSSR count). The predicted molar refractivity (Wildman–Crippen MR) is 49.4 cm³/mol. The van der Waals surface area contributed by atoms with E-state index in [1.165, 1.54) is 4.90 Å². The summed E-state index contributed by atoms with van der Waals surface area (Å²) in [7, 11) is 0. The zero-order valence-corrected chi connectivity index (χ0v) is 8.35. The molecule has 0 spiro atoms. The van der Waals surface area contributed by atoms with Crippen LogP contribution in [0.2, 0.25) is 0 Å². The van der Waals surface area contributed by atoms with Crippen molar-refractivity contribution in [2.75, 3.05) is 13.2 Å². The molecule has 5 nitrogen and oxygen atoms in total. The van der Waals surface area contributed by atoms with E-state index in [9.17, 15) is 9.59 Å². The molecule has 0 N–H and O–H groups in total. The largest absolute Gasteiger partial charge is 0.448 e. The van der Waals surface area contributed by atoms with Gasteiger partial charge < -0.3 is 9.47 Å². The molecule has 15 heavy (non-hydrogen) atoms. The van der Waals surface area contributed by atoms with E-state index in [2.05, 4.69) is 0 Å². The third-order valence-corrected chi connectivity index (χ3v) is 3.38. The fraction of sp³-hybridized carbons (Fsp3) is 0.800. The second-order valence-electron chi connectivity index (χ2n) is 4.30. The van der Waals surface area contributed by atoms with Crippen molar-refractivity contribution in [2.24, 2.45) is 0 Å². The van der Waals surface area contributed by atoms with Crippen molar-refractivity contribution < 1.29 is 19.1 Å². The molecule has 3 aliphatic heterocycles. The molecule has 1 amide bonds. The molecule has 3 saturated heterocycles. The van der Waals surface area contributed by atoms with Gasteiger partial charge in [-0.1, -0.05) is 0 Å². The van der Waals surface area contributed by atoms with Crippen molar-refractivity contribution in [1.29, 1.82) is 0 Å². The van der Waals surface area contributed by atoms with Crippen molar-refractivity contribution in [1.82, 2.24) is 4.90 Å². The maximum Gasteiger partial charge on any atom is 0.410 e. The van der Waals surface area contributed by atoms with E-state index in [-0.39, 0.29) is 24.1 Å². The molecule has 0 aromatic heterocycles. The van der Waals surface area contributed by atoms with Gasteiger partial charge in [0.1, 0.15) is 12.6 Å². The third-order valence-electron chi connectivity index (χ3n) is 3.38. The highest BCUT2D eigenvalue weighted by atomic mass is 16.6. The minimum absolute atomic E-state index is 0.0948. The van der Waals surface area contributed by atoms with Crippen molar-refractivity contribution in [3.8, 4) is 0 Å². The van der Waals surface area contributed by atoms with Crippen LogP contribution in [0.1, 0.15) is 19.3 Å². The van der Waals surface area contributed by atoms with Crippen molar-refractivity contribution in [3.63, 3.8) is 0 Å². The first-order valence-corrected chi connectivity index (χ1v) is 5.37. The SMILES string of the molecule is O=C1C[C@@H]2CC[C@@H](O2)[C@@H]1N1CCOC1=O. The third kappa shape index (κ3) is 1.33. The monoisotopic (exact) mass is 211 g/mol. The lowest BCUT2D eigenvalue weighted by Gasteiger charge is -2.33. The molecule has 0 radical (unpaired) electrons. The Bertz CT molecular complexity index is 317. The highest BCUT2D eigenvalue weighted by Gasteiger charge is 2.47. The van der Waals surface area contributed by atoms with Crippen LogP contribution in [0, 0.1) is 0 Å². The number of ketones is 1. The molecule has 0 aromatic carbocycles. The number of ether oxygens (including phenoxy) is 2. The van der Waals surface area contributed by atoms with E-state index in [4.69, 9.17) is 9.47 Å². The zero-order chi connectivity index (χ0) is 10.4. The summed E-state index contributed by atoms with van der Waals surface area (Å²) in [4.78, 5) is 24.8. The maximum absolute atomic E-state index is 11.9. The average Bonchev–Trinajstić information content (AvgIpc) is 2.76. The Kier molecular flexibility index (Phi) is 1.95. The minimum atomic E-state index is -0.390. The number of fused-ring (bicyclic) bond motifs is 2. The molecule has 0 saturated carbocycles. The first-order valence-electron chi connectivity index (χ1n) is 5.37. The van der Waals surface area contributed by atoms with Crippen LogP contribution in [-0.4, -0.2) is 48.2 Å². The van der Waals surface area contributed by atoms with Gasteiger partial charge in [-0.25, -0.2) is 4.79 Å². The quantitative estimate of drug-likeness (QED) is 0.627. The summed E-state index contributed by atoms with van der Waals surface area (Å²) in [5.74, 6) is 0.132. The number of rotatable bonds is 1. The van der Waals surface area contributed by atoms with E-state index in [1.807, 2.05) is 0 Å². The lowest BCUT2D eigenvalue weighted by Crippen LogP contribution is -2.52. The molecule has 3 heterocycles. The number of carbonyl (C=O) groups is 2. The topological polar surface area (TPSA) is 55.8 Å². The van der Waals surface area contributed by atoms with Crippen LogP contribution in [-0.2, 0) is 14.3 Å². The van der Waals surface area contributed by atoms with Gasteiger partial charge in [-0.15, -0.1) is 0 Å². The maximum atomic E-state index is 11.9. The van der Waals surface area contributed by atoms with Gasteiger partial charge in [-0.2, -0.15) is 0 Å². The molecule has 3 atom stereocenters. The van der Waals surface area contributed by atoms with Crippen LogP contribution in [0.25, 0.3) is 0 Å². The summed E-state index contributed by atoms with van der Waals surface area (Å²) in [6.45, 7) is 0.901. The molecule has 82 valence electrons. The van der Waals surface area contributed by atoms with Gasteiger partial charge in [-0.05, 0) is 12.8 Å². The Morgan fingerprint density at radius 1 is 1.27 bits per heavy atom. The second kappa shape index (κ2) is 3.20. The molecule has 5 heteroatoms. The van der Waals surface area contributed by atoms with Crippen LogP contribution in [0.3, 0.4) is 0 Å². The highest BCUT2D eigenvalue weighted by Crippen LogP contribution is 2.34. The van der Waals surface area contributed by atoms with Gasteiger partial charge in [0, 0.05) is 6.42 Å². The van der Waals surface area contributed by atoms with Crippen LogP contribution < -0.4 is 0 Å². The van der Waals surface area contributed by atoms with Crippen molar-refractivity contribution in [3.05, 3.63) is 0 Å². The first kappa shape index (κ1) is 9.15. The standard InChI is InChI=1S/C10H13NO4/c12-7-5-6-1-2-8(15-6)9(7)11-3-4-14-10(11)13/h6,8-9H,1-5H2/t6-,8+,9+/m0/s1. The number of carbonyl (C=O) groups excluding carboxylic acids is 2. The molecular formula is C10H13NO4. The van der Waals surface area contributed by atoms with Crippen LogP contribution in [0.15, 0.2) is 0 Å². The molecule has 0 aromatic rings. The number of hydrogen-bond donors (Lipinski definition) is 0. The van der Waals surface area contributed by atoms with Gasteiger partial charge in [0.15, 0.2) is 5.78 Å². The first-order chi connectivity index (χ1) is 7.25. The summed E-state index contributed by atoms with van der Waals surface area (Å²) >= 11 is 0. The van der Waals surface area contributed by atoms with E-state index < -0.39 is 6.04 Å². The second-order valence-corrected chi connectivity index (χ2v) is 4.30. The Labute approximate surface area is 87.3 Å². The average molecular weight is 211 g/mol. The fourth-order valence-electron chi connectivity index (χ4n) is 2.70. The molecule has 0 aliphatic carbocycles. The van der Waals surface area contributed by atoms with Crippen LogP contribution in [0.4, 0.5) is 4.79 Å². The molecule has 0 unspecified atom stereocenters. The van der Waals surface area contributed by atoms with Gasteiger partial charge in [0.2, 0.25) is 0 Å². The molecule has 3 aliphatic rings. The molecular weight excluding hydrogens is 198 g/mol. The Morgan fingerprint density at radius 2 is 2.13 bits per heavy atom. The summed E-state index contributed by atoms with van der Waals surface area (Å²) in [5.41, 5.74) is 0. The lowest BCUT2D eigenvalue weighted by molar-refractivity contribution is -0.138. The summed E-state index contributed by atoms with van der Waals surface area (Å²) in [5, 5.41) is 0. The van der Waals surface area contributed by atoms with Gasteiger partial charge in [-0.3, -0.25) is 9.69 Å².